The molecule has 0 saturated heterocycles. The van der Waals surface area contributed by atoms with Gasteiger partial charge in [0.2, 0.25) is 5.82 Å². The molecule has 0 aromatic heterocycles. The lowest BCUT2D eigenvalue weighted by molar-refractivity contribution is 0.269. The van der Waals surface area contributed by atoms with Gasteiger partial charge in [0.25, 0.3) is 0 Å². The molecule has 0 saturated carbocycles. The maximum absolute atomic E-state index is 12.7. The molecule has 0 bridgehead atoms. The maximum atomic E-state index is 12.7. The lowest BCUT2D eigenvalue weighted by Crippen LogP contribution is -2.22. The van der Waals surface area contributed by atoms with Crippen LogP contribution >= 0.6 is 0 Å². The van der Waals surface area contributed by atoms with E-state index >= 15 is 0 Å². The summed E-state index contributed by atoms with van der Waals surface area (Å²) < 4.78 is 53.9. The molecule has 1 aromatic carbocycles. The molecule has 2 N–H and O–H groups in total. The highest BCUT2D eigenvalue weighted by Crippen LogP contribution is 2.25. The molecule has 10 heteroatoms. The Bertz CT molecular complexity index is 509. The molecular formula is C18H33BF4N2O3. The zero-order valence-electron chi connectivity index (χ0n) is 17.6. The second kappa shape index (κ2) is 16.6. The monoisotopic (exact) mass is 412 g/mol. The first-order valence-corrected chi connectivity index (χ1v) is 9.43. The summed E-state index contributed by atoms with van der Waals surface area (Å²) in [5, 5.41) is 16.4. The van der Waals surface area contributed by atoms with Crippen LogP contribution in [0.5, 0.6) is 5.75 Å². The molecule has 0 amide bonds. The Labute approximate surface area is 166 Å². The van der Waals surface area contributed by atoms with E-state index in [9.17, 15) is 17.6 Å². The number of hydrogen-bond acceptors (Lipinski definition) is 5. The first kappa shape index (κ1) is 28.9. The van der Waals surface area contributed by atoms with Gasteiger partial charge in [0.1, 0.15) is 0 Å². The summed E-state index contributed by atoms with van der Waals surface area (Å²) in [4.78, 5) is 4.75. The molecule has 1 rings (SSSR count). The Morgan fingerprint density at radius 1 is 0.714 bits per heavy atom. The van der Waals surface area contributed by atoms with Gasteiger partial charge in [-0.15, -0.1) is 0 Å². The predicted octanol–water partition coefficient (Wildman–Crippen LogP) is 3.29. The quantitative estimate of drug-likeness (QED) is 0.297. The van der Waals surface area contributed by atoms with Gasteiger partial charge in [-0.05, 0) is 39.3 Å². The van der Waals surface area contributed by atoms with Gasteiger partial charge in [0, 0.05) is 6.07 Å². The minimum Gasteiger partial charge on any atom is -0.507 e. The van der Waals surface area contributed by atoms with E-state index in [1.807, 2.05) is 0 Å². The largest absolute Gasteiger partial charge is 0.707 e. The maximum Gasteiger partial charge on any atom is 0.707 e. The molecule has 5 nitrogen and oxygen atoms in total. The van der Waals surface area contributed by atoms with E-state index in [1.165, 1.54) is 39.3 Å². The van der Waals surface area contributed by atoms with Crippen molar-refractivity contribution < 1.29 is 32.3 Å². The van der Waals surface area contributed by atoms with Crippen LogP contribution in [-0.4, -0.2) is 66.4 Å². The van der Waals surface area contributed by atoms with Gasteiger partial charge in [0.05, 0.1) is 0 Å². The summed E-state index contributed by atoms with van der Waals surface area (Å²) in [6.45, 7) is 20.2. The first-order chi connectivity index (χ1) is 13.1. The van der Waals surface area contributed by atoms with Crippen molar-refractivity contribution >= 4 is 7.32 Å². The highest BCUT2D eigenvalue weighted by atomic mass is 19.2. The van der Waals surface area contributed by atoms with Gasteiger partial charge in [-0.25, -0.2) is 13.2 Å². The van der Waals surface area contributed by atoms with Crippen LogP contribution in [-0.2, 0) is 0 Å². The van der Waals surface area contributed by atoms with Gasteiger partial charge in [-0.1, -0.05) is 41.5 Å². The van der Waals surface area contributed by atoms with Crippen LogP contribution in [0.3, 0.4) is 0 Å². The van der Waals surface area contributed by atoms with Crippen LogP contribution in [0.4, 0.5) is 17.6 Å². The summed E-state index contributed by atoms with van der Waals surface area (Å²) in [5.41, 5.74) is 0. The topological polar surface area (TPSA) is 56.2 Å². The summed E-state index contributed by atoms with van der Waals surface area (Å²) in [6.07, 6.45) is 0. The molecule has 0 unspecified atom stereocenters. The Morgan fingerprint density at radius 3 is 1.32 bits per heavy atom. The van der Waals surface area contributed by atoms with E-state index < -0.39 is 36.3 Å². The Balaban J connectivity index is 0. The smallest absolute Gasteiger partial charge is 0.507 e. The molecule has 0 aliphatic rings. The average molecular weight is 412 g/mol. The molecule has 0 radical (unpaired) electrons. The van der Waals surface area contributed by atoms with Gasteiger partial charge >= 0.3 is 7.32 Å². The van der Waals surface area contributed by atoms with E-state index in [1.54, 1.807) is 0 Å². The standard InChI is InChI=1S/C6H3BF4O3.2C6H15N/c8-2-1-3(9)6(14-7(12)13)5(11)4(2)10;2*1-4-7(5-2)6-3/h1,12-13H;2*4-6H2,1-3H3. The van der Waals surface area contributed by atoms with Crippen molar-refractivity contribution in [2.45, 2.75) is 41.5 Å². The molecule has 1 aromatic rings. The minimum atomic E-state index is -2.52. The van der Waals surface area contributed by atoms with Crippen LogP contribution in [0.25, 0.3) is 0 Å². The normalized spacial score (nSPS) is 10.2. The summed E-state index contributed by atoms with van der Waals surface area (Å²) in [7, 11) is -2.52. The van der Waals surface area contributed by atoms with Crippen molar-refractivity contribution in [1.29, 1.82) is 0 Å². The number of halogens is 4. The fraction of sp³-hybridized carbons (Fsp3) is 0.667. The van der Waals surface area contributed by atoms with Gasteiger partial charge < -0.3 is 24.5 Å². The molecular weight excluding hydrogens is 379 g/mol. The highest BCUT2D eigenvalue weighted by molar-refractivity contribution is 6.33. The van der Waals surface area contributed by atoms with Crippen molar-refractivity contribution in [3.05, 3.63) is 29.3 Å². The van der Waals surface area contributed by atoms with E-state index in [0.29, 0.717) is 0 Å². The van der Waals surface area contributed by atoms with Crippen LogP contribution in [0.15, 0.2) is 6.07 Å². The molecule has 0 fully saturated rings. The van der Waals surface area contributed by atoms with Crippen molar-refractivity contribution in [3.8, 4) is 5.75 Å². The number of benzene rings is 1. The van der Waals surface area contributed by atoms with E-state index in [0.717, 1.165) is 0 Å². The van der Waals surface area contributed by atoms with E-state index in [-0.39, 0.29) is 6.07 Å². The van der Waals surface area contributed by atoms with Gasteiger partial charge in [-0.3, -0.25) is 0 Å². The summed E-state index contributed by atoms with van der Waals surface area (Å²) >= 11 is 0. The number of hydrogen-bond donors (Lipinski definition) is 2. The van der Waals surface area contributed by atoms with Crippen molar-refractivity contribution in [2.24, 2.45) is 0 Å². The lowest BCUT2D eigenvalue weighted by Gasteiger charge is -2.13. The van der Waals surface area contributed by atoms with Crippen molar-refractivity contribution in [2.75, 3.05) is 39.3 Å². The van der Waals surface area contributed by atoms with Crippen LogP contribution in [0.1, 0.15) is 41.5 Å². The molecule has 28 heavy (non-hydrogen) atoms. The molecule has 0 atom stereocenters. The molecule has 0 heterocycles. The zero-order valence-corrected chi connectivity index (χ0v) is 17.6. The summed E-state index contributed by atoms with van der Waals surface area (Å²) in [6, 6.07) is 0.0239. The molecule has 0 spiro atoms. The fourth-order valence-electron chi connectivity index (χ4n) is 2.10. The van der Waals surface area contributed by atoms with Crippen LogP contribution in [0, 0.1) is 23.3 Å². The Morgan fingerprint density at radius 2 is 1.07 bits per heavy atom. The Kier molecular flexibility index (Phi) is 17.1. The SMILES string of the molecule is CCN(CC)CC.CCN(CC)CC.OB(O)Oc1c(F)cc(F)c(F)c1F. The lowest BCUT2D eigenvalue weighted by atomic mass is 10.2. The van der Waals surface area contributed by atoms with Gasteiger partial charge in [-0.2, -0.15) is 4.39 Å². The van der Waals surface area contributed by atoms with Crippen LogP contribution in [0.2, 0.25) is 0 Å². The fourth-order valence-corrected chi connectivity index (χ4v) is 2.10. The third-order valence-corrected chi connectivity index (χ3v) is 3.98. The first-order valence-electron chi connectivity index (χ1n) is 9.43. The second-order valence-corrected chi connectivity index (χ2v) is 5.48. The molecule has 0 aliphatic carbocycles. The van der Waals surface area contributed by atoms with E-state index in [2.05, 4.69) is 56.0 Å². The Hall–Kier alpha value is -1.36. The zero-order chi connectivity index (χ0) is 22.3. The van der Waals surface area contributed by atoms with Crippen molar-refractivity contribution in [3.63, 3.8) is 0 Å². The third kappa shape index (κ3) is 11.5. The summed E-state index contributed by atoms with van der Waals surface area (Å²) in [5.74, 6) is -8.62. The third-order valence-electron chi connectivity index (χ3n) is 3.98. The van der Waals surface area contributed by atoms with Gasteiger partial charge in [0.15, 0.2) is 23.2 Å². The van der Waals surface area contributed by atoms with Crippen LogP contribution < -0.4 is 4.65 Å². The molecule has 164 valence electrons. The minimum absolute atomic E-state index is 0.0239. The van der Waals surface area contributed by atoms with E-state index in [4.69, 9.17) is 10.0 Å². The van der Waals surface area contributed by atoms with Crippen molar-refractivity contribution in [1.82, 2.24) is 9.80 Å². The number of nitrogens with zero attached hydrogens (tertiary/aromatic N) is 2. The second-order valence-electron chi connectivity index (χ2n) is 5.48. The highest BCUT2D eigenvalue weighted by Gasteiger charge is 2.24. The number of rotatable bonds is 8. The average Bonchev–Trinajstić information content (AvgIpc) is 2.67. The predicted molar refractivity (Wildman–Crippen MR) is 104 cm³/mol. The molecule has 0 aliphatic heterocycles.